The van der Waals surface area contributed by atoms with Gasteiger partial charge in [0.1, 0.15) is 18.0 Å². The monoisotopic (exact) mass is 282 g/mol. The highest BCUT2D eigenvalue weighted by Crippen LogP contribution is 2.35. The lowest BCUT2D eigenvalue weighted by atomic mass is 10.1. The molecule has 1 aliphatic rings. The molecule has 4 heteroatoms. The van der Waals surface area contributed by atoms with Crippen molar-refractivity contribution in [3.05, 3.63) is 60.4 Å². The van der Waals surface area contributed by atoms with Gasteiger partial charge in [-0.25, -0.2) is 0 Å². The molecule has 2 aromatic carbocycles. The van der Waals surface area contributed by atoms with E-state index >= 15 is 0 Å². The van der Waals surface area contributed by atoms with E-state index < -0.39 is 12.2 Å². The van der Waals surface area contributed by atoms with Gasteiger partial charge < -0.3 is 19.0 Å². The number of ether oxygens (including phenoxy) is 2. The molecule has 4 nitrogen and oxygen atoms in total. The van der Waals surface area contributed by atoms with E-state index in [0.717, 1.165) is 11.0 Å². The van der Waals surface area contributed by atoms with Crippen LogP contribution >= 0.6 is 0 Å². The van der Waals surface area contributed by atoms with Crippen LogP contribution in [0.25, 0.3) is 11.0 Å². The molecule has 0 amide bonds. The van der Waals surface area contributed by atoms with Crippen LogP contribution in [0.15, 0.2) is 59.0 Å². The van der Waals surface area contributed by atoms with Gasteiger partial charge in [-0.15, -0.1) is 0 Å². The predicted molar refractivity (Wildman–Crippen MR) is 77.5 cm³/mol. The standard InChI is InChI=1S/C17H14O4/c18-17(15-9-11-5-1-2-6-12(11)20-15)16-10-19-13-7-3-4-8-14(13)21-16/h1-9,16-18H,10H2. The Hall–Kier alpha value is -2.46. The van der Waals surface area contributed by atoms with E-state index in [1.165, 1.54) is 0 Å². The average Bonchev–Trinajstić information content (AvgIpc) is 2.97. The summed E-state index contributed by atoms with van der Waals surface area (Å²) >= 11 is 0. The summed E-state index contributed by atoms with van der Waals surface area (Å²) in [6.07, 6.45) is -1.36. The summed E-state index contributed by atoms with van der Waals surface area (Å²) in [5.41, 5.74) is 0.753. The molecule has 1 aromatic heterocycles. The van der Waals surface area contributed by atoms with Gasteiger partial charge in [-0.3, -0.25) is 0 Å². The highest BCUT2D eigenvalue weighted by molar-refractivity contribution is 5.77. The van der Waals surface area contributed by atoms with Gasteiger partial charge in [0.25, 0.3) is 0 Å². The van der Waals surface area contributed by atoms with Gasteiger partial charge in [-0.1, -0.05) is 30.3 Å². The van der Waals surface area contributed by atoms with Crippen molar-refractivity contribution in [2.24, 2.45) is 0 Å². The third kappa shape index (κ3) is 2.14. The first-order chi connectivity index (χ1) is 10.3. The molecule has 0 saturated carbocycles. The minimum Gasteiger partial charge on any atom is -0.486 e. The van der Waals surface area contributed by atoms with Gasteiger partial charge in [0, 0.05) is 5.39 Å². The van der Waals surface area contributed by atoms with Crippen LogP contribution in [0.3, 0.4) is 0 Å². The minimum absolute atomic E-state index is 0.287. The smallest absolute Gasteiger partial charge is 0.166 e. The summed E-state index contributed by atoms with van der Waals surface area (Å²) in [7, 11) is 0. The number of hydrogen-bond acceptors (Lipinski definition) is 4. The second-order valence-corrected chi connectivity index (χ2v) is 5.05. The highest BCUT2D eigenvalue weighted by atomic mass is 16.6. The van der Waals surface area contributed by atoms with E-state index in [9.17, 15) is 5.11 Å². The Kier molecular flexibility index (Phi) is 2.82. The third-order valence-corrected chi connectivity index (χ3v) is 3.62. The summed E-state index contributed by atoms with van der Waals surface area (Å²) in [6.45, 7) is 0.287. The molecular formula is C17H14O4. The van der Waals surface area contributed by atoms with Crippen LogP contribution in [0, 0.1) is 0 Å². The summed E-state index contributed by atoms with van der Waals surface area (Å²) in [5.74, 6) is 1.83. The van der Waals surface area contributed by atoms with Gasteiger partial charge in [0.15, 0.2) is 23.7 Å². The van der Waals surface area contributed by atoms with Crippen LogP contribution in [0.5, 0.6) is 11.5 Å². The number of fused-ring (bicyclic) bond motifs is 2. The second-order valence-electron chi connectivity index (χ2n) is 5.05. The summed E-state index contributed by atoms with van der Waals surface area (Å²) in [6, 6.07) is 16.9. The fourth-order valence-corrected chi connectivity index (χ4v) is 2.52. The van der Waals surface area contributed by atoms with E-state index in [4.69, 9.17) is 13.9 Å². The predicted octanol–water partition coefficient (Wildman–Crippen LogP) is 3.31. The van der Waals surface area contributed by atoms with Crippen LogP contribution in [-0.4, -0.2) is 17.8 Å². The van der Waals surface area contributed by atoms with Crippen LogP contribution in [0.1, 0.15) is 11.9 Å². The van der Waals surface area contributed by atoms with Crippen molar-refractivity contribution in [3.8, 4) is 11.5 Å². The second kappa shape index (κ2) is 4.82. The summed E-state index contributed by atoms with van der Waals surface area (Å²) in [4.78, 5) is 0. The zero-order valence-electron chi connectivity index (χ0n) is 11.2. The number of hydrogen-bond donors (Lipinski definition) is 1. The average molecular weight is 282 g/mol. The highest BCUT2D eigenvalue weighted by Gasteiger charge is 2.30. The molecule has 0 spiro atoms. The molecule has 2 atom stereocenters. The van der Waals surface area contributed by atoms with Crippen molar-refractivity contribution in [1.29, 1.82) is 0 Å². The lowest BCUT2D eigenvalue weighted by molar-refractivity contribution is -0.0203. The molecule has 1 aliphatic heterocycles. The molecule has 0 fully saturated rings. The Morgan fingerprint density at radius 3 is 2.62 bits per heavy atom. The lowest BCUT2D eigenvalue weighted by Crippen LogP contribution is -2.34. The fourth-order valence-electron chi connectivity index (χ4n) is 2.52. The normalized spacial score (nSPS) is 18.6. The maximum Gasteiger partial charge on any atom is 0.166 e. The number of furan rings is 1. The number of para-hydroxylation sites is 3. The van der Waals surface area contributed by atoms with Crippen LogP contribution in [0.4, 0.5) is 0 Å². The maximum absolute atomic E-state index is 10.5. The first kappa shape index (κ1) is 12.3. The molecule has 0 saturated heterocycles. The SMILES string of the molecule is OC(c1cc2ccccc2o1)C1COc2ccccc2O1. The maximum atomic E-state index is 10.5. The Morgan fingerprint density at radius 2 is 1.76 bits per heavy atom. The first-order valence-electron chi connectivity index (χ1n) is 6.86. The van der Waals surface area contributed by atoms with Crippen LogP contribution in [0.2, 0.25) is 0 Å². The molecular weight excluding hydrogens is 268 g/mol. The summed E-state index contributed by atoms with van der Waals surface area (Å²) < 4.78 is 17.1. The molecule has 3 aromatic rings. The lowest BCUT2D eigenvalue weighted by Gasteiger charge is -2.28. The minimum atomic E-state index is -0.870. The molecule has 1 N–H and O–H groups in total. The van der Waals surface area contributed by atoms with Crippen molar-refractivity contribution in [3.63, 3.8) is 0 Å². The van der Waals surface area contributed by atoms with Crippen LogP contribution < -0.4 is 9.47 Å². The molecule has 0 radical (unpaired) electrons. The Labute approximate surface area is 121 Å². The Morgan fingerprint density at radius 1 is 1.00 bits per heavy atom. The van der Waals surface area contributed by atoms with Gasteiger partial charge >= 0.3 is 0 Å². The van der Waals surface area contributed by atoms with E-state index in [0.29, 0.717) is 17.3 Å². The molecule has 2 heterocycles. The number of aliphatic hydroxyl groups is 1. The van der Waals surface area contributed by atoms with Crippen molar-refractivity contribution >= 4 is 11.0 Å². The van der Waals surface area contributed by atoms with Crippen LogP contribution in [-0.2, 0) is 0 Å². The molecule has 4 rings (SSSR count). The Bertz CT molecular complexity index is 744. The van der Waals surface area contributed by atoms with E-state index in [2.05, 4.69) is 0 Å². The zero-order chi connectivity index (χ0) is 14.2. The van der Waals surface area contributed by atoms with Gasteiger partial charge in [0.05, 0.1) is 0 Å². The topological polar surface area (TPSA) is 51.8 Å². The molecule has 0 aliphatic carbocycles. The largest absolute Gasteiger partial charge is 0.486 e. The van der Waals surface area contributed by atoms with Gasteiger partial charge in [-0.2, -0.15) is 0 Å². The summed E-state index contributed by atoms with van der Waals surface area (Å²) in [5, 5.41) is 11.4. The van der Waals surface area contributed by atoms with E-state index in [1.807, 2.05) is 54.6 Å². The van der Waals surface area contributed by atoms with Crippen molar-refractivity contribution in [2.45, 2.75) is 12.2 Å². The Balaban J connectivity index is 1.62. The van der Waals surface area contributed by atoms with Crippen molar-refractivity contribution in [1.82, 2.24) is 0 Å². The van der Waals surface area contributed by atoms with Gasteiger partial charge in [-0.05, 0) is 24.3 Å². The van der Waals surface area contributed by atoms with Crippen molar-refractivity contribution in [2.75, 3.05) is 6.61 Å². The number of aliphatic hydroxyl groups excluding tert-OH is 1. The first-order valence-corrected chi connectivity index (χ1v) is 6.86. The van der Waals surface area contributed by atoms with E-state index in [1.54, 1.807) is 0 Å². The molecule has 106 valence electrons. The fraction of sp³-hybridized carbons (Fsp3) is 0.176. The van der Waals surface area contributed by atoms with Gasteiger partial charge in [0.2, 0.25) is 0 Å². The molecule has 0 bridgehead atoms. The molecule has 21 heavy (non-hydrogen) atoms. The third-order valence-electron chi connectivity index (χ3n) is 3.62. The van der Waals surface area contributed by atoms with E-state index in [-0.39, 0.29) is 6.61 Å². The molecule has 2 unspecified atom stereocenters. The quantitative estimate of drug-likeness (QED) is 0.783. The number of rotatable bonds is 2. The zero-order valence-corrected chi connectivity index (χ0v) is 11.2. The van der Waals surface area contributed by atoms with Crippen molar-refractivity contribution < 1.29 is 19.0 Å². The number of benzene rings is 2.